The maximum Gasteiger partial charge on any atom is 0.319 e. The lowest BCUT2D eigenvalue weighted by Crippen LogP contribution is -2.48. The Bertz CT molecular complexity index is 486. The molecule has 0 radical (unpaired) electrons. The molecule has 3 N–H and O–H groups in total. The topological polar surface area (TPSA) is 87.7 Å². The van der Waals surface area contributed by atoms with Crippen LogP contribution in [0.25, 0.3) is 0 Å². The van der Waals surface area contributed by atoms with E-state index in [4.69, 9.17) is 9.84 Å². The zero-order chi connectivity index (χ0) is 15.2. The van der Waals surface area contributed by atoms with Crippen molar-refractivity contribution in [2.75, 3.05) is 19.0 Å². The van der Waals surface area contributed by atoms with Gasteiger partial charge in [0.2, 0.25) is 0 Å². The molecule has 0 aliphatic heterocycles. The number of ether oxygens (including phenoxy) is 1. The van der Waals surface area contributed by atoms with Gasteiger partial charge in [-0.3, -0.25) is 4.79 Å². The maximum atomic E-state index is 11.8. The van der Waals surface area contributed by atoms with Gasteiger partial charge in [0, 0.05) is 12.8 Å². The number of hydrogen-bond donors (Lipinski definition) is 3. The molecule has 0 unspecified atom stereocenters. The predicted octanol–water partition coefficient (Wildman–Crippen LogP) is 1.86. The Labute approximate surface area is 118 Å². The minimum Gasteiger partial charge on any atom is -0.481 e. The van der Waals surface area contributed by atoms with Crippen LogP contribution in [0.3, 0.4) is 0 Å². The highest BCUT2D eigenvalue weighted by atomic mass is 16.5. The van der Waals surface area contributed by atoms with Crippen molar-refractivity contribution >= 4 is 17.7 Å². The lowest BCUT2D eigenvalue weighted by atomic mass is 10.1. The van der Waals surface area contributed by atoms with E-state index in [2.05, 4.69) is 10.6 Å². The van der Waals surface area contributed by atoms with E-state index in [9.17, 15) is 9.59 Å². The van der Waals surface area contributed by atoms with Crippen LogP contribution in [-0.2, 0) is 16.0 Å². The van der Waals surface area contributed by atoms with Gasteiger partial charge in [0.1, 0.15) is 0 Å². The highest BCUT2D eigenvalue weighted by Gasteiger charge is 2.20. The first-order valence-electron chi connectivity index (χ1n) is 6.21. The van der Waals surface area contributed by atoms with E-state index >= 15 is 0 Å². The third-order valence-corrected chi connectivity index (χ3v) is 2.50. The first kappa shape index (κ1) is 16.0. The van der Waals surface area contributed by atoms with Gasteiger partial charge in [-0.1, -0.05) is 12.1 Å². The Morgan fingerprint density at radius 1 is 1.35 bits per heavy atom. The van der Waals surface area contributed by atoms with Crippen LogP contribution in [0.1, 0.15) is 19.4 Å². The second-order valence-corrected chi connectivity index (χ2v) is 5.17. The summed E-state index contributed by atoms with van der Waals surface area (Å²) >= 11 is 0. The van der Waals surface area contributed by atoms with Crippen LogP contribution in [0.4, 0.5) is 10.5 Å². The molecular formula is C14H20N2O4. The molecule has 0 spiro atoms. The molecule has 1 aromatic carbocycles. The molecule has 0 saturated carbocycles. The number of aliphatic carboxylic acids is 1. The molecule has 0 aromatic heterocycles. The number of methoxy groups -OCH3 is 1. The van der Waals surface area contributed by atoms with Gasteiger partial charge in [0.15, 0.2) is 0 Å². The fourth-order valence-electron chi connectivity index (χ4n) is 1.80. The summed E-state index contributed by atoms with van der Waals surface area (Å²) in [5.74, 6) is -0.909. The van der Waals surface area contributed by atoms with Gasteiger partial charge in [0.05, 0.1) is 18.6 Å². The second-order valence-electron chi connectivity index (χ2n) is 5.17. The maximum absolute atomic E-state index is 11.8. The van der Waals surface area contributed by atoms with E-state index in [1.807, 2.05) is 13.8 Å². The molecule has 20 heavy (non-hydrogen) atoms. The first-order valence-corrected chi connectivity index (χ1v) is 6.21. The van der Waals surface area contributed by atoms with Crippen molar-refractivity contribution in [1.29, 1.82) is 0 Å². The van der Waals surface area contributed by atoms with Crippen molar-refractivity contribution in [2.45, 2.75) is 25.8 Å². The smallest absolute Gasteiger partial charge is 0.319 e. The third-order valence-electron chi connectivity index (χ3n) is 2.50. The van der Waals surface area contributed by atoms with Crippen LogP contribution in [0.15, 0.2) is 24.3 Å². The first-order chi connectivity index (χ1) is 9.32. The van der Waals surface area contributed by atoms with Crippen LogP contribution in [0, 0.1) is 0 Å². The van der Waals surface area contributed by atoms with Crippen molar-refractivity contribution < 1.29 is 19.4 Å². The van der Waals surface area contributed by atoms with Crippen molar-refractivity contribution in [3.05, 3.63) is 29.8 Å². The average Bonchev–Trinajstić information content (AvgIpc) is 2.26. The minimum atomic E-state index is -0.909. The molecule has 0 aliphatic rings. The summed E-state index contributed by atoms with van der Waals surface area (Å²) in [6, 6.07) is 6.38. The lowest BCUT2D eigenvalue weighted by molar-refractivity contribution is -0.136. The van der Waals surface area contributed by atoms with Crippen molar-refractivity contribution in [3.63, 3.8) is 0 Å². The number of carbonyl (C=O) groups is 2. The average molecular weight is 280 g/mol. The fourth-order valence-corrected chi connectivity index (χ4v) is 1.80. The van der Waals surface area contributed by atoms with Crippen LogP contribution < -0.4 is 10.6 Å². The summed E-state index contributed by atoms with van der Waals surface area (Å²) in [6.07, 6.45) is -0.0771. The molecule has 6 heteroatoms. The Hall–Kier alpha value is -2.08. The number of rotatable bonds is 6. The molecule has 0 heterocycles. The van der Waals surface area contributed by atoms with Crippen LogP contribution in [0.2, 0.25) is 0 Å². The number of urea groups is 1. The molecule has 1 aromatic rings. The number of hydrogen-bond acceptors (Lipinski definition) is 3. The summed E-state index contributed by atoms with van der Waals surface area (Å²) in [5, 5.41) is 14.2. The molecule has 1 rings (SSSR count). The Balaban J connectivity index is 2.64. The van der Waals surface area contributed by atoms with E-state index < -0.39 is 11.5 Å². The summed E-state index contributed by atoms with van der Waals surface area (Å²) in [5.41, 5.74) is 0.693. The Morgan fingerprint density at radius 2 is 2.05 bits per heavy atom. The predicted molar refractivity (Wildman–Crippen MR) is 75.9 cm³/mol. The van der Waals surface area contributed by atoms with Crippen molar-refractivity contribution in [2.24, 2.45) is 0 Å². The van der Waals surface area contributed by atoms with Gasteiger partial charge in [-0.2, -0.15) is 0 Å². The molecule has 0 fully saturated rings. The second kappa shape index (κ2) is 6.91. The quantitative estimate of drug-likeness (QED) is 0.742. The summed E-state index contributed by atoms with van der Waals surface area (Å²) in [4.78, 5) is 22.5. The number of carboxylic acid groups (broad SMARTS) is 1. The van der Waals surface area contributed by atoms with E-state index in [0.29, 0.717) is 17.9 Å². The van der Waals surface area contributed by atoms with Gasteiger partial charge in [0.25, 0.3) is 0 Å². The number of amides is 2. The van der Waals surface area contributed by atoms with Crippen molar-refractivity contribution in [3.8, 4) is 0 Å². The monoisotopic (exact) mass is 280 g/mol. The minimum absolute atomic E-state index is 0.0771. The van der Waals surface area contributed by atoms with Gasteiger partial charge in [-0.05, 0) is 31.5 Å². The van der Waals surface area contributed by atoms with E-state index in [1.54, 1.807) is 31.4 Å². The molecule has 0 bridgehead atoms. The van der Waals surface area contributed by atoms with E-state index in [-0.39, 0.29) is 12.5 Å². The fraction of sp³-hybridized carbons (Fsp3) is 0.429. The molecule has 0 atom stereocenters. The van der Waals surface area contributed by atoms with Gasteiger partial charge in [-0.15, -0.1) is 0 Å². The standard InChI is InChI=1S/C14H20N2O4/c1-14(2,9-20-3)16-13(19)15-11-6-4-5-10(7-11)8-12(17)18/h4-7H,8-9H2,1-3H3,(H,17,18)(H2,15,16,19). The Kier molecular flexibility index (Phi) is 5.52. The number of anilines is 1. The Morgan fingerprint density at radius 3 is 2.65 bits per heavy atom. The van der Waals surface area contributed by atoms with Crippen molar-refractivity contribution in [1.82, 2.24) is 5.32 Å². The van der Waals surface area contributed by atoms with E-state index in [0.717, 1.165) is 0 Å². The molecule has 2 amide bonds. The number of carbonyl (C=O) groups excluding carboxylic acids is 1. The molecule has 0 aliphatic carbocycles. The SMILES string of the molecule is COCC(C)(C)NC(=O)Nc1cccc(CC(=O)O)c1. The summed E-state index contributed by atoms with van der Waals surface area (Å²) < 4.78 is 5.01. The largest absolute Gasteiger partial charge is 0.481 e. The highest BCUT2D eigenvalue weighted by Crippen LogP contribution is 2.12. The zero-order valence-electron chi connectivity index (χ0n) is 11.9. The third kappa shape index (κ3) is 5.71. The molecule has 6 nitrogen and oxygen atoms in total. The highest BCUT2D eigenvalue weighted by molar-refractivity contribution is 5.90. The number of benzene rings is 1. The van der Waals surface area contributed by atoms with Gasteiger partial charge < -0.3 is 20.5 Å². The van der Waals surface area contributed by atoms with Gasteiger partial charge >= 0.3 is 12.0 Å². The van der Waals surface area contributed by atoms with Gasteiger partial charge in [-0.25, -0.2) is 4.79 Å². The summed E-state index contributed by atoms with van der Waals surface area (Å²) in [7, 11) is 1.57. The zero-order valence-corrected chi connectivity index (χ0v) is 11.9. The molecule has 0 saturated heterocycles. The number of carboxylic acids is 1. The van der Waals surface area contributed by atoms with Crippen LogP contribution in [-0.4, -0.2) is 36.4 Å². The summed E-state index contributed by atoms with van der Waals surface area (Å²) in [6.45, 7) is 4.08. The van der Waals surface area contributed by atoms with Crippen LogP contribution in [0.5, 0.6) is 0 Å². The molecular weight excluding hydrogens is 260 g/mol. The molecule has 110 valence electrons. The van der Waals surface area contributed by atoms with E-state index in [1.165, 1.54) is 0 Å². The lowest BCUT2D eigenvalue weighted by Gasteiger charge is -2.25. The van der Waals surface area contributed by atoms with Crippen LogP contribution >= 0.6 is 0 Å². The normalized spacial score (nSPS) is 10.9. The number of nitrogens with one attached hydrogen (secondary N) is 2.